The first-order valence-corrected chi connectivity index (χ1v) is 8.53. The third kappa shape index (κ3) is 3.41. The number of hydrogen-bond acceptors (Lipinski definition) is 3. The van der Waals surface area contributed by atoms with Gasteiger partial charge in [-0.1, -0.05) is 90.4 Å². The molecule has 0 aliphatic rings. The Balaban J connectivity index is 1.87. The van der Waals surface area contributed by atoms with Gasteiger partial charge in [0.05, 0.1) is 11.4 Å². The zero-order valence-electron chi connectivity index (χ0n) is 14.2. The van der Waals surface area contributed by atoms with Crippen LogP contribution in [0.3, 0.4) is 0 Å². The Morgan fingerprint density at radius 2 is 1.08 bits per heavy atom. The largest absolute Gasteiger partial charge is 0.449 e. The van der Waals surface area contributed by atoms with Gasteiger partial charge in [-0.2, -0.15) is 0 Å². The Bertz CT molecular complexity index is 945. The van der Waals surface area contributed by atoms with Gasteiger partial charge in [-0.15, -0.1) is 0 Å². The molecule has 0 fully saturated rings. The molecular weight excluding hydrogens is 319 g/mol. The second kappa shape index (κ2) is 7.34. The third-order valence-corrected chi connectivity index (χ3v) is 4.26. The van der Waals surface area contributed by atoms with Crippen LogP contribution in [0.25, 0.3) is 33.9 Å². The fourth-order valence-electron chi connectivity index (χ4n) is 2.85. The summed E-state index contributed by atoms with van der Waals surface area (Å²) < 4.78 is 0. The lowest BCUT2D eigenvalue weighted by molar-refractivity contribution is 0.615. The highest BCUT2D eigenvalue weighted by Gasteiger charge is 2.10. The van der Waals surface area contributed by atoms with Gasteiger partial charge >= 0.3 is 7.48 Å². The molecule has 0 spiro atoms. The van der Waals surface area contributed by atoms with Gasteiger partial charge in [-0.05, 0) is 6.07 Å². The van der Waals surface area contributed by atoms with E-state index in [1.807, 2.05) is 78.9 Å². The first kappa shape index (κ1) is 16.2. The molecule has 26 heavy (non-hydrogen) atoms. The molecule has 0 saturated heterocycles. The van der Waals surface area contributed by atoms with Crippen molar-refractivity contribution in [3.05, 3.63) is 91.0 Å². The van der Waals surface area contributed by atoms with Crippen molar-refractivity contribution in [2.45, 2.75) is 0 Å². The lowest BCUT2D eigenvalue weighted by atomic mass is 9.88. The van der Waals surface area contributed by atoms with Crippen LogP contribution in [0.2, 0.25) is 0 Å². The van der Waals surface area contributed by atoms with E-state index in [1.54, 1.807) is 0 Å². The van der Waals surface area contributed by atoms with Crippen LogP contribution in [0.1, 0.15) is 0 Å². The maximum atomic E-state index is 9.26. The number of hydrogen-bond donors (Lipinski definition) is 1. The van der Waals surface area contributed by atoms with Gasteiger partial charge in [0.2, 0.25) is 0 Å². The van der Waals surface area contributed by atoms with Gasteiger partial charge in [0.1, 0.15) is 0 Å². The van der Waals surface area contributed by atoms with Crippen molar-refractivity contribution in [1.82, 2.24) is 9.97 Å². The van der Waals surface area contributed by atoms with Gasteiger partial charge in [0.25, 0.3) is 0 Å². The van der Waals surface area contributed by atoms with Crippen LogP contribution < -0.4 is 5.46 Å². The molecule has 1 aromatic heterocycles. The van der Waals surface area contributed by atoms with Crippen molar-refractivity contribution in [1.29, 1.82) is 0 Å². The van der Waals surface area contributed by atoms with E-state index in [2.05, 4.69) is 12.1 Å². The molecule has 0 radical (unpaired) electrons. The molecule has 3 nitrogen and oxygen atoms in total. The Morgan fingerprint density at radius 1 is 0.577 bits per heavy atom. The van der Waals surface area contributed by atoms with Crippen LogP contribution in [0.5, 0.6) is 0 Å². The van der Waals surface area contributed by atoms with E-state index in [1.165, 1.54) is 0 Å². The number of nitrogens with zero attached hydrogens (tertiary/aromatic N) is 2. The quantitative estimate of drug-likeness (QED) is 0.581. The summed E-state index contributed by atoms with van der Waals surface area (Å²) in [5, 5.41) is 9.26. The van der Waals surface area contributed by atoms with Crippen LogP contribution >= 0.6 is 0 Å². The summed E-state index contributed by atoms with van der Waals surface area (Å²) in [6, 6.07) is 29.9. The monoisotopic (exact) mass is 336 g/mol. The SMILES string of the molecule is OBc1ccc(-c2cc(-c3ccccc3)nc(-c3ccccc3)n2)cc1. The summed E-state index contributed by atoms with van der Waals surface area (Å²) in [4.78, 5) is 9.56. The molecule has 0 aliphatic carbocycles. The second-order valence-corrected chi connectivity index (χ2v) is 6.05. The maximum Gasteiger partial charge on any atom is 0.304 e. The predicted molar refractivity (Wildman–Crippen MR) is 107 cm³/mol. The molecule has 4 rings (SSSR count). The summed E-state index contributed by atoms with van der Waals surface area (Å²) in [6.45, 7) is 0. The molecule has 1 N–H and O–H groups in total. The molecule has 0 bridgehead atoms. The summed E-state index contributed by atoms with van der Waals surface area (Å²) in [5.41, 5.74) is 5.68. The Kier molecular flexibility index (Phi) is 4.58. The third-order valence-electron chi connectivity index (χ3n) is 4.26. The molecule has 3 aromatic carbocycles. The van der Waals surface area contributed by atoms with Crippen LogP contribution in [0, 0.1) is 0 Å². The molecule has 0 amide bonds. The van der Waals surface area contributed by atoms with Crippen molar-refractivity contribution in [3.8, 4) is 33.9 Å². The summed E-state index contributed by atoms with van der Waals surface area (Å²) in [6.07, 6.45) is 0. The topological polar surface area (TPSA) is 46.0 Å². The average Bonchev–Trinajstić information content (AvgIpc) is 2.75. The standard InChI is InChI=1S/C22H17BN2O/c26-23-19-13-11-17(12-14-19)21-15-20(16-7-3-1-4-8-16)24-22(25-21)18-9-5-2-6-10-18/h1-15,23,26H. The van der Waals surface area contributed by atoms with Crippen molar-refractivity contribution < 1.29 is 5.02 Å². The van der Waals surface area contributed by atoms with Crippen LogP contribution in [-0.4, -0.2) is 22.5 Å². The molecule has 124 valence electrons. The van der Waals surface area contributed by atoms with E-state index in [-0.39, 0.29) is 7.48 Å². The van der Waals surface area contributed by atoms with Crippen LogP contribution in [-0.2, 0) is 0 Å². The van der Waals surface area contributed by atoms with Gasteiger partial charge in [0, 0.05) is 16.7 Å². The fourth-order valence-corrected chi connectivity index (χ4v) is 2.85. The minimum atomic E-state index is 0.0363. The lowest BCUT2D eigenvalue weighted by Crippen LogP contribution is -2.12. The van der Waals surface area contributed by atoms with Crippen molar-refractivity contribution >= 4 is 12.9 Å². The van der Waals surface area contributed by atoms with Crippen LogP contribution in [0.4, 0.5) is 0 Å². The van der Waals surface area contributed by atoms with Crippen molar-refractivity contribution in [2.75, 3.05) is 0 Å². The van der Waals surface area contributed by atoms with E-state index in [0.29, 0.717) is 5.82 Å². The van der Waals surface area contributed by atoms with Gasteiger partial charge in [-0.3, -0.25) is 0 Å². The molecule has 1 heterocycles. The summed E-state index contributed by atoms with van der Waals surface area (Å²) in [5.74, 6) is 0.702. The van der Waals surface area contributed by atoms with Crippen molar-refractivity contribution in [3.63, 3.8) is 0 Å². The smallest absolute Gasteiger partial charge is 0.304 e. The molecule has 0 saturated carbocycles. The van der Waals surface area contributed by atoms with E-state index in [4.69, 9.17) is 9.97 Å². The fraction of sp³-hybridized carbons (Fsp3) is 0. The Labute approximate surface area is 153 Å². The number of benzene rings is 3. The molecule has 0 unspecified atom stereocenters. The summed E-state index contributed by atoms with van der Waals surface area (Å²) in [7, 11) is 0.0363. The molecule has 0 aliphatic heterocycles. The number of aromatic nitrogens is 2. The van der Waals surface area contributed by atoms with E-state index >= 15 is 0 Å². The normalized spacial score (nSPS) is 10.5. The van der Waals surface area contributed by atoms with Gasteiger partial charge in [-0.25, -0.2) is 9.97 Å². The molecule has 0 atom stereocenters. The molecule has 4 aromatic rings. The highest BCUT2D eigenvalue weighted by Crippen LogP contribution is 2.26. The predicted octanol–water partition coefficient (Wildman–Crippen LogP) is 3.45. The minimum absolute atomic E-state index is 0.0363. The maximum absolute atomic E-state index is 9.26. The van der Waals surface area contributed by atoms with E-state index < -0.39 is 0 Å². The minimum Gasteiger partial charge on any atom is -0.449 e. The number of rotatable bonds is 4. The van der Waals surface area contributed by atoms with Crippen LogP contribution in [0.15, 0.2) is 91.0 Å². The van der Waals surface area contributed by atoms with Gasteiger partial charge in [0.15, 0.2) is 5.82 Å². The zero-order chi connectivity index (χ0) is 17.8. The van der Waals surface area contributed by atoms with Crippen molar-refractivity contribution in [2.24, 2.45) is 0 Å². The Morgan fingerprint density at radius 3 is 1.62 bits per heavy atom. The highest BCUT2D eigenvalue weighted by atomic mass is 16.2. The van der Waals surface area contributed by atoms with E-state index in [9.17, 15) is 5.02 Å². The average molecular weight is 336 g/mol. The van der Waals surface area contributed by atoms with E-state index in [0.717, 1.165) is 33.5 Å². The summed E-state index contributed by atoms with van der Waals surface area (Å²) >= 11 is 0. The first-order valence-electron chi connectivity index (χ1n) is 8.53. The highest BCUT2D eigenvalue weighted by molar-refractivity contribution is 6.45. The van der Waals surface area contributed by atoms with Gasteiger partial charge < -0.3 is 5.02 Å². The second-order valence-electron chi connectivity index (χ2n) is 6.05. The molecular formula is C22H17BN2O. The molecule has 4 heteroatoms. The first-order chi connectivity index (χ1) is 12.8. The lowest BCUT2D eigenvalue weighted by Gasteiger charge is -2.09. The Hall–Kier alpha value is -3.24. The zero-order valence-corrected chi connectivity index (χ0v) is 14.2.